The average molecular weight is 285 g/mol. The van der Waals surface area contributed by atoms with E-state index in [0.717, 1.165) is 17.3 Å². The van der Waals surface area contributed by atoms with E-state index in [1.54, 1.807) is 16.9 Å². The molecule has 2 aliphatic carbocycles. The van der Waals surface area contributed by atoms with Gasteiger partial charge in [0.1, 0.15) is 10.0 Å². The number of aryl methyl sites for hydroxylation is 1. The summed E-state index contributed by atoms with van der Waals surface area (Å²) in [5.74, 6) is 2.05. The van der Waals surface area contributed by atoms with Gasteiger partial charge in [-0.15, -0.1) is 10.2 Å². The molecule has 1 aromatic heterocycles. The third kappa shape index (κ3) is 1.82. The van der Waals surface area contributed by atoms with Gasteiger partial charge in [-0.2, -0.15) is 0 Å². The molecule has 4 heteroatoms. The number of hydrogen-bond donors (Lipinski definition) is 1. The van der Waals surface area contributed by atoms with Crippen molar-refractivity contribution in [3.63, 3.8) is 0 Å². The molecule has 1 fully saturated rings. The maximum absolute atomic E-state index is 6.06. The Bertz CT molecular complexity index is 636. The smallest absolute Gasteiger partial charge is 0.134 e. The third-order valence-electron chi connectivity index (χ3n) is 4.83. The molecule has 4 unspecified atom stereocenters. The van der Waals surface area contributed by atoms with Crippen molar-refractivity contribution >= 4 is 11.3 Å². The van der Waals surface area contributed by atoms with Crippen LogP contribution in [0.1, 0.15) is 58.8 Å². The van der Waals surface area contributed by atoms with Gasteiger partial charge in [-0.05, 0) is 42.2 Å². The first-order valence-electron chi connectivity index (χ1n) is 7.46. The first kappa shape index (κ1) is 12.5. The predicted molar refractivity (Wildman–Crippen MR) is 80.9 cm³/mol. The lowest BCUT2D eigenvalue weighted by Crippen LogP contribution is -2.07. The Morgan fingerprint density at radius 1 is 1.30 bits per heavy atom. The minimum atomic E-state index is 0.0503. The molecule has 20 heavy (non-hydrogen) atoms. The third-order valence-corrected chi connectivity index (χ3v) is 5.98. The van der Waals surface area contributed by atoms with Crippen molar-refractivity contribution in [1.29, 1.82) is 0 Å². The Morgan fingerprint density at radius 2 is 2.15 bits per heavy atom. The van der Waals surface area contributed by atoms with Gasteiger partial charge in [0, 0.05) is 5.92 Å². The molecule has 4 atom stereocenters. The Balaban J connectivity index is 1.62. The van der Waals surface area contributed by atoms with Crippen molar-refractivity contribution in [3.05, 3.63) is 45.4 Å². The molecule has 2 aromatic rings. The van der Waals surface area contributed by atoms with E-state index >= 15 is 0 Å². The summed E-state index contributed by atoms with van der Waals surface area (Å²) in [4.78, 5) is 0. The standard InChI is InChI=1S/C16H19N3S/c1-2-12(17)15-18-19-16(20-15)14-11-8-7-9-5-3-4-6-10(9)13(11)14/h3-6,11-14H,2,7-8,17H2,1H3. The van der Waals surface area contributed by atoms with Crippen LogP contribution >= 0.6 is 11.3 Å². The molecule has 1 heterocycles. The highest BCUT2D eigenvalue weighted by atomic mass is 32.1. The minimum Gasteiger partial charge on any atom is -0.322 e. The fourth-order valence-corrected chi connectivity index (χ4v) is 4.76. The monoisotopic (exact) mass is 285 g/mol. The molecule has 0 aliphatic heterocycles. The van der Waals surface area contributed by atoms with E-state index in [1.807, 2.05) is 0 Å². The average Bonchev–Trinajstić information content (AvgIpc) is 3.04. The van der Waals surface area contributed by atoms with Crippen LogP contribution in [0.2, 0.25) is 0 Å². The highest BCUT2D eigenvalue weighted by Gasteiger charge is 2.55. The summed E-state index contributed by atoms with van der Waals surface area (Å²) in [6.45, 7) is 2.10. The summed E-state index contributed by atoms with van der Waals surface area (Å²) >= 11 is 1.73. The van der Waals surface area contributed by atoms with E-state index in [2.05, 4.69) is 41.4 Å². The van der Waals surface area contributed by atoms with Crippen LogP contribution in [0.4, 0.5) is 0 Å². The second-order valence-electron chi connectivity index (χ2n) is 5.95. The lowest BCUT2D eigenvalue weighted by molar-refractivity contribution is 0.657. The van der Waals surface area contributed by atoms with Crippen molar-refractivity contribution in [2.24, 2.45) is 11.7 Å². The molecule has 4 rings (SSSR count). The number of rotatable bonds is 3. The molecule has 104 valence electrons. The fourth-order valence-electron chi connectivity index (χ4n) is 3.61. The van der Waals surface area contributed by atoms with E-state index in [-0.39, 0.29) is 6.04 Å². The largest absolute Gasteiger partial charge is 0.322 e. The van der Waals surface area contributed by atoms with Gasteiger partial charge in [-0.3, -0.25) is 0 Å². The molecule has 0 saturated heterocycles. The molecule has 2 N–H and O–H groups in total. The predicted octanol–water partition coefficient (Wildman–Crippen LogP) is 3.39. The van der Waals surface area contributed by atoms with Crippen molar-refractivity contribution < 1.29 is 0 Å². The second-order valence-corrected chi connectivity index (χ2v) is 6.99. The fraction of sp³-hybridized carbons (Fsp3) is 0.500. The van der Waals surface area contributed by atoms with Crippen molar-refractivity contribution in [1.82, 2.24) is 10.2 Å². The summed E-state index contributed by atoms with van der Waals surface area (Å²) < 4.78 is 0. The van der Waals surface area contributed by atoms with Crippen molar-refractivity contribution in [3.8, 4) is 0 Å². The molecule has 2 aliphatic rings. The van der Waals surface area contributed by atoms with E-state index in [0.29, 0.717) is 11.8 Å². The number of benzene rings is 1. The number of fused-ring (bicyclic) bond motifs is 3. The Morgan fingerprint density at radius 3 is 3.00 bits per heavy atom. The Labute approximate surface area is 123 Å². The topological polar surface area (TPSA) is 51.8 Å². The molecular weight excluding hydrogens is 266 g/mol. The molecule has 0 spiro atoms. The van der Waals surface area contributed by atoms with Crippen LogP contribution in [0.5, 0.6) is 0 Å². The number of aromatic nitrogens is 2. The summed E-state index contributed by atoms with van der Waals surface area (Å²) in [6.07, 6.45) is 3.43. The summed E-state index contributed by atoms with van der Waals surface area (Å²) in [5.41, 5.74) is 9.14. The van der Waals surface area contributed by atoms with Crippen molar-refractivity contribution in [2.45, 2.75) is 44.1 Å². The maximum Gasteiger partial charge on any atom is 0.134 e. The first-order chi connectivity index (χ1) is 9.79. The van der Waals surface area contributed by atoms with Gasteiger partial charge in [-0.1, -0.05) is 42.5 Å². The van der Waals surface area contributed by atoms with Gasteiger partial charge in [0.25, 0.3) is 0 Å². The van der Waals surface area contributed by atoms with Gasteiger partial charge in [-0.25, -0.2) is 0 Å². The van der Waals surface area contributed by atoms with Crippen LogP contribution in [0.3, 0.4) is 0 Å². The van der Waals surface area contributed by atoms with E-state index in [1.165, 1.54) is 23.4 Å². The zero-order valence-corrected chi connectivity index (χ0v) is 12.4. The first-order valence-corrected chi connectivity index (χ1v) is 8.28. The van der Waals surface area contributed by atoms with Crippen LogP contribution in [0, 0.1) is 5.92 Å². The molecular formula is C16H19N3S. The van der Waals surface area contributed by atoms with Crippen molar-refractivity contribution in [2.75, 3.05) is 0 Å². The van der Waals surface area contributed by atoms with Gasteiger partial charge < -0.3 is 5.73 Å². The summed E-state index contributed by atoms with van der Waals surface area (Å²) in [7, 11) is 0. The van der Waals surface area contributed by atoms with Crippen LogP contribution in [-0.2, 0) is 6.42 Å². The molecule has 0 bridgehead atoms. The van der Waals surface area contributed by atoms with Gasteiger partial charge in [0.05, 0.1) is 6.04 Å². The number of hydrogen-bond acceptors (Lipinski definition) is 4. The van der Waals surface area contributed by atoms with Crippen LogP contribution < -0.4 is 5.73 Å². The Hall–Kier alpha value is -1.26. The van der Waals surface area contributed by atoms with Gasteiger partial charge >= 0.3 is 0 Å². The molecule has 3 nitrogen and oxygen atoms in total. The summed E-state index contributed by atoms with van der Waals surface area (Å²) in [5, 5.41) is 10.9. The highest BCUT2D eigenvalue weighted by Crippen LogP contribution is 2.65. The lowest BCUT2D eigenvalue weighted by atomic mass is 9.92. The van der Waals surface area contributed by atoms with Crippen LogP contribution in [-0.4, -0.2) is 10.2 Å². The van der Waals surface area contributed by atoms with E-state index in [9.17, 15) is 0 Å². The number of nitrogens with two attached hydrogens (primary N) is 1. The quantitative estimate of drug-likeness (QED) is 0.940. The molecule has 1 aromatic carbocycles. The molecule has 1 saturated carbocycles. The molecule has 0 radical (unpaired) electrons. The zero-order chi connectivity index (χ0) is 13.7. The number of nitrogens with zero attached hydrogens (tertiary/aromatic N) is 2. The van der Waals surface area contributed by atoms with Crippen LogP contribution in [0.25, 0.3) is 0 Å². The SMILES string of the molecule is CCC(N)c1nnc(C2C3CCc4ccccc4C32)s1. The van der Waals surface area contributed by atoms with Crippen LogP contribution in [0.15, 0.2) is 24.3 Å². The maximum atomic E-state index is 6.06. The molecule has 0 amide bonds. The lowest BCUT2D eigenvalue weighted by Gasteiger charge is -2.13. The van der Waals surface area contributed by atoms with E-state index < -0.39 is 0 Å². The highest BCUT2D eigenvalue weighted by molar-refractivity contribution is 7.11. The second kappa shape index (κ2) is 4.64. The summed E-state index contributed by atoms with van der Waals surface area (Å²) in [6, 6.07) is 8.94. The normalized spacial score (nSPS) is 28.6. The minimum absolute atomic E-state index is 0.0503. The zero-order valence-electron chi connectivity index (χ0n) is 11.6. The van der Waals surface area contributed by atoms with Gasteiger partial charge in [0.15, 0.2) is 0 Å². The van der Waals surface area contributed by atoms with E-state index in [4.69, 9.17) is 5.73 Å². The Kier molecular flexibility index (Phi) is 2.89. The van der Waals surface area contributed by atoms with Gasteiger partial charge in [0.2, 0.25) is 0 Å².